The van der Waals surface area contributed by atoms with Crippen LogP contribution in [0.3, 0.4) is 0 Å². The Labute approximate surface area is 348 Å². The zero-order valence-corrected chi connectivity index (χ0v) is 37.7. The van der Waals surface area contributed by atoms with Gasteiger partial charge in [-0.15, -0.1) is 0 Å². The fourth-order valence-corrected chi connectivity index (χ4v) is 15.2. The van der Waals surface area contributed by atoms with Gasteiger partial charge in [0.25, 0.3) is 0 Å². The summed E-state index contributed by atoms with van der Waals surface area (Å²) in [5, 5.41) is 0. The minimum atomic E-state index is 0.852. The molecule has 0 aromatic heterocycles. The lowest BCUT2D eigenvalue weighted by atomic mass is 9.63. The van der Waals surface area contributed by atoms with E-state index < -0.39 is 0 Å². The van der Waals surface area contributed by atoms with Gasteiger partial charge >= 0.3 is 0 Å². The fourth-order valence-electron chi connectivity index (χ4n) is 15.2. The minimum Gasteiger partial charge on any atom is -0.294 e. The van der Waals surface area contributed by atoms with Crippen LogP contribution in [0.4, 0.5) is 0 Å². The van der Waals surface area contributed by atoms with Crippen molar-refractivity contribution in [1.82, 2.24) is 9.80 Å². The maximum atomic E-state index is 3.37. The Hall–Kier alpha value is -0.600. The molecule has 56 heavy (non-hydrogen) atoms. The summed E-state index contributed by atoms with van der Waals surface area (Å²) in [6, 6.07) is 5.19. The Morgan fingerprint density at radius 2 is 0.500 bits per heavy atom. The molecule has 2 heteroatoms. The molecule has 4 atom stereocenters. The second kappa shape index (κ2) is 20.3. The number of allylic oxidation sites excluding steroid dienone is 4. The monoisotopic (exact) mass is 769 g/mol. The highest BCUT2D eigenvalue weighted by Gasteiger charge is 2.49. The van der Waals surface area contributed by atoms with E-state index >= 15 is 0 Å². The summed E-state index contributed by atoms with van der Waals surface area (Å²) in [7, 11) is 0. The Balaban J connectivity index is 0.957. The molecule has 0 amide bonds. The van der Waals surface area contributed by atoms with Crippen LogP contribution in [-0.2, 0) is 0 Å². The summed E-state index contributed by atoms with van der Waals surface area (Å²) in [5.41, 5.74) is 0. The van der Waals surface area contributed by atoms with Crippen LogP contribution in [0.25, 0.3) is 0 Å². The molecule has 8 fully saturated rings. The molecule has 8 saturated carbocycles. The molecule has 0 saturated heterocycles. The summed E-state index contributed by atoms with van der Waals surface area (Å²) < 4.78 is 0. The highest BCUT2D eigenvalue weighted by atomic mass is 15.2. The van der Waals surface area contributed by atoms with Crippen molar-refractivity contribution in [3.8, 4) is 0 Å². The largest absolute Gasteiger partial charge is 0.294 e. The van der Waals surface area contributed by atoms with Crippen molar-refractivity contribution in [1.29, 1.82) is 0 Å². The van der Waals surface area contributed by atoms with Crippen molar-refractivity contribution in [3.05, 3.63) is 24.3 Å². The zero-order chi connectivity index (χ0) is 38.4. The summed E-state index contributed by atoms with van der Waals surface area (Å²) in [6.45, 7) is 10.0. The second-order valence-corrected chi connectivity index (χ2v) is 23.0. The van der Waals surface area contributed by atoms with Gasteiger partial charge in [0.05, 0.1) is 0 Å². The van der Waals surface area contributed by atoms with E-state index in [1.807, 2.05) is 0 Å². The average molecular weight is 769 g/mol. The van der Waals surface area contributed by atoms with Crippen LogP contribution >= 0.6 is 0 Å². The predicted octanol–water partition coefficient (Wildman–Crippen LogP) is 15.0. The third kappa shape index (κ3) is 10.6. The first kappa shape index (κ1) is 42.1. The number of nitrogens with zero attached hydrogens (tertiary/aromatic N) is 2. The van der Waals surface area contributed by atoms with Crippen LogP contribution < -0.4 is 0 Å². The highest BCUT2D eigenvalue weighted by molar-refractivity contribution is 5.05. The summed E-state index contributed by atoms with van der Waals surface area (Å²) in [4.78, 5) is 6.73. The standard InChI is InChI=1S/C54H92N2/c1-39-11-19-43(20-12-39)23-25-45-27-35-49(36-28-45)55(47-31-15-41(3)16-32-47)53-9-5-8-52-51(53)7-6-10-54(52)56(48-33-17-42(4)18-34-48)50-37-29-46(30-38-50)26-24-44-21-13-40(2)14-22-44/h23-26,39-54H,5-22,27-38H2,1-4H3/b25-23+,26-24+. The van der Waals surface area contributed by atoms with Crippen LogP contribution in [0.15, 0.2) is 24.3 Å². The van der Waals surface area contributed by atoms with Gasteiger partial charge in [0.1, 0.15) is 0 Å². The lowest BCUT2D eigenvalue weighted by Gasteiger charge is -2.58. The first-order valence-corrected chi connectivity index (χ1v) is 26.3. The molecule has 8 aliphatic carbocycles. The molecule has 0 spiro atoms. The number of hydrogen-bond donors (Lipinski definition) is 0. The maximum absolute atomic E-state index is 3.37. The average Bonchev–Trinajstić information content (AvgIpc) is 3.23. The normalized spacial score (nSPS) is 46.0. The number of hydrogen-bond acceptors (Lipinski definition) is 2. The van der Waals surface area contributed by atoms with Gasteiger partial charge in [-0.05, 0) is 213 Å². The molecule has 0 aromatic carbocycles. The van der Waals surface area contributed by atoms with E-state index in [4.69, 9.17) is 0 Å². The lowest BCUT2D eigenvalue weighted by Crippen LogP contribution is -2.61. The highest BCUT2D eigenvalue weighted by Crippen LogP contribution is 2.50. The molecule has 0 aliphatic heterocycles. The van der Waals surface area contributed by atoms with Gasteiger partial charge in [-0.25, -0.2) is 0 Å². The van der Waals surface area contributed by atoms with Crippen molar-refractivity contribution in [2.45, 2.75) is 257 Å². The molecule has 0 radical (unpaired) electrons. The molecule has 0 N–H and O–H groups in total. The molecule has 8 aliphatic rings. The van der Waals surface area contributed by atoms with Crippen molar-refractivity contribution in [2.75, 3.05) is 0 Å². The third-order valence-corrected chi connectivity index (χ3v) is 19.0. The molecule has 0 bridgehead atoms. The van der Waals surface area contributed by atoms with Crippen LogP contribution in [0.2, 0.25) is 0 Å². The van der Waals surface area contributed by atoms with E-state index in [-0.39, 0.29) is 0 Å². The lowest BCUT2D eigenvalue weighted by molar-refractivity contribution is -0.0818. The summed E-state index contributed by atoms with van der Waals surface area (Å²) in [6.07, 6.45) is 55.2. The van der Waals surface area contributed by atoms with Crippen LogP contribution in [-0.4, -0.2) is 46.1 Å². The second-order valence-electron chi connectivity index (χ2n) is 23.0. The van der Waals surface area contributed by atoms with Gasteiger partial charge in [-0.1, -0.05) is 90.5 Å². The zero-order valence-electron chi connectivity index (χ0n) is 37.7. The van der Waals surface area contributed by atoms with Gasteiger partial charge in [0.2, 0.25) is 0 Å². The van der Waals surface area contributed by atoms with E-state index in [1.165, 1.54) is 193 Å². The van der Waals surface area contributed by atoms with E-state index in [0.717, 1.165) is 95.4 Å². The molecular weight excluding hydrogens is 677 g/mol. The van der Waals surface area contributed by atoms with Crippen LogP contribution in [0.1, 0.15) is 220 Å². The quantitative estimate of drug-likeness (QED) is 0.204. The van der Waals surface area contributed by atoms with Crippen LogP contribution in [0.5, 0.6) is 0 Å². The van der Waals surface area contributed by atoms with Gasteiger partial charge in [-0.3, -0.25) is 9.80 Å². The van der Waals surface area contributed by atoms with Gasteiger partial charge < -0.3 is 0 Å². The minimum absolute atomic E-state index is 0.852. The van der Waals surface area contributed by atoms with E-state index in [0.29, 0.717) is 0 Å². The van der Waals surface area contributed by atoms with Crippen LogP contribution in [0, 0.1) is 59.2 Å². The Morgan fingerprint density at radius 3 is 0.786 bits per heavy atom. The third-order valence-electron chi connectivity index (χ3n) is 19.0. The molecule has 8 rings (SSSR count). The molecule has 0 heterocycles. The molecular formula is C54H92N2. The van der Waals surface area contributed by atoms with Crippen molar-refractivity contribution in [3.63, 3.8) is 0 Å². The smallest absolute Gasteiger partial charge is 0.0133 e. The molecule has 4 unspecified atom stereocenters. The summed E-state index contributed by atoms with van der Waals surface area (Å²) in [5.74, 6) is 9.19. The van der Waals surface area contributed by atoms with Gasteiger partial charge in [0.15, 0.2) is 0 Å². The molecule has 318 valence electrons. The Morgan fingerprint density at radius 1 is 0.268 bits per heavy atom. The summed E-state index contributed by atoms with van der Waals surface area (Å²) >= 11 is 0. The number of rotatable bonds is 10. The number of fused-ring (bicyclic) bond motifs is 1. The molecule has 2 nitrogen and oxygen atoms in total. The Kier molecular flexibility index (Phi) is 15.3. The molecule has 0 aromatic rings. The predicted molar refractivity (Wildman–Crippen MR) is 241 cm³/mol. The fraction of sp³-hybridized carbons (Fsp3) is 0.926. The van der Waals surface area contributed by atoms with E-state index in [9.17, 15) is 0 Å². The maximum Gasteiger partial charge on any atom is 0.0133 e. The van der Waals surface area contributed by atoms with Crippen molar-refractivity contribution in [2.24, 2.45) is 59.2 Å². The first-order chi connectivity index (χ1) is 27.4. The topological polar surface area (TPSA) is 6.48 Å². The Bertz CT molecular complexity index is 1090. The van der Waals surface area contributed by atoms with Gasteiger partial charge in [0, 0.05) is 36.3 Å². The van der Waals surface area contributed by atoms with E-state index in [2.05, 4.69) is 61.8 Å². The first-order valence-electron chi connectivity index (χ1n) is 26.3. The van der Waals surface area contributed by atoms with Gasteiger partial charge in [-0.2, -0.15) is 0 Å². The van der Waals surface area contributed by atoms with E-state index in [1.54, 1.807) is 0 Å². The van der Waals surface area contributed by atoms with Crippen molar-refractivity contribution >= 4 is 0 Å². The van der Waals surface area contributed by atoms with Crippen molar-refractivity contribution < 1.29 is 0 Å². The SMILES string of the molecule is CC1CCC(/C=C/C2CCC(N(C3CCC(C)CC3)C3CCCC4C3CCCC4N(C3CCC(C)CC3)C3CCC(/C=C/C4CCC(C)CC4)CC3)CC2)CC1.